The number of rotatable bonds is 8. The number of para-hydroxylation sites is 1. The third kappa shape index (κ3) is 6.07. The van der Waals surface area contributed by atoms with Crippen LogP contribution in [0.25, 0.3) is 11.6 Å². The molecule has 0 saturated heterocycles. The summed E-state index contributed by atoms with van der Waals surface area (Å²) in [6, 6.07) is 33.5. The molecule has 4 rings (SSSR count). The van der Waals surface area contributed by atoms with Gasteiger partial charge in [-0.3, -0.25) is 9.59 Å². The van der Waals surface area contributed by atoms with Gasteiger partial charge >= 0.3 is 0 Å². The minimum Gasteiger partial charge on any atom is -0.497 e. The van der Waals surface area contributed by atoms with E-state index in [-0.39, 0.29) is 17.9 Å². The Morgan fingerprint density at radius 3 is 2.06 bits per heavy atom. The van der Waals surface area contributed by atoms with Gasteiger partial charge in [0.2, 0.25) is 0 Å². The van der Waals surface area contributed by atoms with Crippen LogP contribution in [0.5, 0.6) is 5.75 Å². The summed E-state index contributed by atoms with van der Waals surface area (Å²) in [6.07, 6.45) is 1.82. The highest BCUT2D eigenvalue weighted by Crippen LogP contribution is 2.24. The van der Waals surface area contributed by atoms with Gasteiger partial charge in [0.25, 0.3) is 11.8 Å². The van der Waals surface area contributed by atoms with Gasteiger partial charge in [-0.25, -0.2) is 0 Å². The second-order valence-electron chi connectivity index (χ2n) is 8.30. The second-order valence-corrected chi connectivity index (χ2v) is 8.30. The van der Waals surface area contributed by atoms with Gasteiger partial charge in [-0.15, -0.1) is 0 Å². The molecule has 0 aromatic heterocycles. The molecule has 4 aromatic carbocycles. The van der Waals surface area contributed by atoms with E-state index < -0.39 is 0 Å². The van der Waals surface area contributed by atoms with Gasteiger partial charge in [-0.1, -0.05) is 84.9 Å². The van der Waals surface area contributed by atoms with Crippen molar-refractivity contribution in [1.82, 2.24) is 5.32 Å². The van der Waals surface area contributed by atoms with E-state index in [4.69, 9.17) is 4.74 Å². The van der Waals surface area contributed by atoms with Crippen LogP contribution in [0.4, 0.5) is 5.69 Å². The molecule has 5 nitrogen and oxygen atoms in total. The molecule has 4 aromatic rings. The van der Waals surface area contributed by atoms with E-state index in [0.717, 1.165) is 22.4 Å². The fraction of sp³-hybridized carbons (Fsp3) is 0.0968. The quantitative estimate of drug-likeness (QED) is 0.230. The first-order chi connectivity index (χ1) is 17.5. The van der Waals surface area contributed by atoms with Crippen LogP contribution in [-0.2, 0) is 4.79 Å². The summed E-state index contributed by atoms with van der Waals surface area (Å²) in [7, 11) is 1.61. The molecule has 180 valence electrons. The van der Waals surface area contributed by atoms with Crippen molar-refractivity contribution in [2.75, 3.05) is 12.4 Å². The Bertz CT molecular complexity index is 1350. The van der Waals surface area contributed by atoms with Gasteiger partial charge in [-0.2, -0.15) is 0 Å². The van der Waals surface area contributed by atoms with Gasteiger partial charge < -0.3 is 15.4 Å². The lowest BCUT2D eigenvalue weighted by Crippen LogP contribution is -2.28. The molecule has 0 heterocycles. The van der Waals surface area contributed by atoms with Crippen LogP contribution in [0.1, 0.15) is 40.0 Å². The number of carbonyl (C=O) groups excluding carboxylic acids is 2. The Hall–Kier alpha value is -4.64. The number of carbonyl (C=O) groups is 2. The maximum absolute atomic E-state index is 13.5. The highest BCUT2D eigenvalue weighted by Gasteiger charge is 2.18. The van der Waals surface area contributed by atoms with Crippen molar-refractivity contribution in [3.05, 3.63) is 131 Å². The van der Waals surface area contributed by atoms with Crippen LogP contribution in [0.2, 0.25) is 0 Å². The molecule has 5 heteroatoms. The molecule has 0 fully saturated rings. The summed E-state index contributed by atoms with van der Waals surface area (Å²) in [6.45, 7) is 1.93. The lowest BCUT2D eigenvalue weighted by Gasteiger charge is -2.17. The second kappa shape index (κ2) is 11.7. The Kier molecular flexibility index (Phi) is 7.94. The van der Waals surface area contributed by atoms with Crippen LogP contribution in [0.15, 0.2) is 109 Å². The van der Waals surface area contributed by atoms with Gasteiger partial charge in [0.1, 0.15) is 5.75 Å². The van der Waals surface area contributed by atoms with E-state index in [1.165, 1.54) is 0 Å². The normalized spacial score (nSPS) is 11.9. The molecule has 0 bridgehead atoms. The first-order valence-corrected chi connectivity index (χ1v) is 11.7. The van der Waals surface area contributed by atoms with Crippen molar-refractivity contribution < 1.29 is 14.3 Å². The number of methoxy groups -OCH3 is 1. The highest BCUT2D eigenvalue weighted by atomic mass is 16.5. The van der Waals surface area contributed by atoms with Crippen molar-refractivity contribution in [2.45, 2.75) is 13.0 Å². The maximum Gasteiger partial charge on any atom is 0.256 e. The Balaban J connectivity index is 1.60. The van der Waals surface area contributed by atoms with Crippen LogP contribution in [-0.4, -0.2) is 18.9 Å². The van der Waals surface area contributed by atoms with Crippen LogP contribution >= 0.6 is 0 Å². The standard InChI is InChI=1S/C31H28N2O3/c1-22(24-11-5-3-6-12-24)32-30(34)27-15-9-10-16-29(27)33-31(35)28(25-13-7-4-8-14-25)21-23-17-19-26(36-2)20-18-23/h3-22H,1-2H3,(H,32,34)(H,33,35). The summed E-state index contributed by atoms with van der Waals surface area (Å²) in [4.78, 5) is 26.7. The SMILES string of the molecule is COc1ccc(C=C(C(=O)Nc2ccccc2C(=O)NC(C)c2ccccc2)c2ccccc2)cc1. The van der Waals surface area contributed by atoms with Crippen LogP contribution < -0.4 is 15.4 Å². The van der Waals surface area contributed by atoms with Crippen molar-refractivity contribution >= 4 is 29.2 Å². The fourth-order valence-electron chi connectivity index (χ4n) is 3.84. The summed E-state index contributed by atoms with van der Waals surface area (Å²) in [5.74, 6) is 0.165. The third-order valence-corrected chi connectivity index (χ3v) is 5.82. The smallest absolute Gasteiger partial charge is 0.256 e. The van der Waals surface area contributed by atoms with E-state index >= 15 is 0 Å². The monoisotopic (exact) mass is 476 g/mol. The van der Waals surface area contributed by atoms with E-state index in [1.54, 1.807) is 31.4 Å². The van der Waals surface area contributed by atoms with Crippen LogP contribution in [0, 0.1) is 0 Å². The third-order valence-electron chi connectivity index (χ3n) is 5.82. The molecule has 1 atom stereocenters. The van der Waals surface area contributed by atoms with E-state index in [9.17, 15) is 9.59 Å². The molecule has 0 aliphatic heterocycles. The van der Waals surface area contributed by atoms with Gasteiger partial charge in [0.05, 0.1) is 24.4 Å². The number of benzene rings is 4. The number of amides is 2. The topological polar surface area (TPSA) is 67.4 Å². The lowest BCUT2D eigenvalue weighted by molar-refractivity contribution is -0.111. The average molecular weight is 477 g/mol. The van der Waals surface area contributed by atoms with Crippen molar-refractivity contribution in [2.24, 2.45) is 0 Å². The minimum atomic E-state index is -0.312. The zero-order valence-corrected chi connectivity index (χ0v) is 20.3. The lowest BCUT2D eigenvalue weighted by atomic mass is 10.0. The Labute approximate surface area is 211 Å². The maximum atomic E-state index is 13.5. The summed E-state index contributed by atoms with van der Waals surface area (Å²) in [5, 5.41) is 5.97. The summed E-state index contributed by atoms with van der Waals surface area (Å²) < 4.78 is 5.24. The Morgan fingerprint density at radius 1 is 0.778 bits per heavy atom. The molecule has 0 saturated carbocycles. The predicted octanol–water partition coefficient (Wildman–Crippen LogP) is 6.37. The van der Waals surface area contributed by atoms with Crippen molar-refractivity contribution in [3.63, 3.8) is 0 Å². The number of anilines is 1. The fourth-order valence-corrected chi connectivity index (χ4v) is 3.84. The predicted molar refractivity (Wildman–Crippen MR) is 145 cm³/mol. The Morgan fingerprint density at radius 2 is 1.39 bits per heavy atom. The van der Waals surface area contributed by atoms with Crippen LogP contribution in [0.3, 0.4) is 0 Å². The van der Waals surface area contributed by atoms with Gasteiger partial charge in [-0.05, 0) is 54.0 Å². The number of ether oxygens (including phenoxy) is 1. The summed E-state index contributed by atoms with van der Waals surface area (Å²) >= 11 is 0. The van der Waals surface area contributed by atoms with E-state index in [1.807, 2.05) is 97.9 Å². The molecule has 2 amide bonds. The number of hydrogen-bond donors (Lipinski definition) is 2. The van der Waals surface area contributed by atoms with Gasteiger partial charge in [0, 0.05) is 5.57 Å². The molecular formula is C31H28N2O3. The minimum absolute atomic E-state index is 0.183. The highest BCUT2D eigenvalue weighted by molar-refractivity contribution is 6.29. The molecule has 0 aliphatic rings. The molecule has 36 heavy (non-hydrogen) atoms. The first kappa shape index (κ1) is 24.5. The largest absolute Gasteiger partial charge is 0.497 e. The van der Waals surface area contributed by atoms with Crippen molar-refractivity contribution in [1.29, 1.82) is 0 Å². The van der Waals surface area contributed by atoms with E-state index in [2.05, 4.69) is 10.6 Å². The zero-order chi connectivity index (χ0) is 25.3. The molecule has 0 radical (unpaired) electrons. The molecule has 2 N–H and O–H groups in total. The first-order valence-electron chi connectivity index (χ1n) is 11.7. The molecule has 0 aliphatic carbocycles. The number of nitrogens with one attached hydrogen (secondary N) is 2. The molecule has 1 unspecified atom stereocenters. The summed E-state index contributed by atoms with van der Waals surface area (Å²) in [5.41, 5.74) is 3.94. The zero-order valence-electron chi connectivity index (χ0n) is 20.3. The number of hydrogen-bond acceptors (Lipinski definition) is 3. The average Bonchev–Trinajstić information content (AvgIpc) is 2.93. The molecular weight excluding hydrogens is 448 g/mol. The molecule has 0 spiro atoms. The van der Waals surface area contributed by atoms with E-state index in [0.29, 0.717) is 16.8 Å². The van der Waals surface area contributed by atoms with Crippen molar-refractivity contribution in [3.8, 4) is 5.75 Å². The van der Waals surface area contributed by atoms with Gasteiger partial charge in [0.15, 0.2) is 0 Å².